The zero-order chi connectivity index (χ0) is 14.1. The van der Waals surface area contributed by atoms with Crippen LogP contribution in [-0.4, -0.2) is 15.0 Å². The lowest BCUT2D eigenvalue weighted by molar-refractivity contribution is 1.15. The molecule has 1 N–H and O–H groups in total. The molecule has 4 nitrogen and oxygen atoms in total. The van der Waals surface area contributed by atoms with E-state index in [1.807, 2.05) is 24.3 Å². The van der Waals surface area contributed by atoms with Crippen molar-refractivity contribution in [3.05, 3.63) is 51.4 Å². The first-order valence-corrected chi connectivity index (χ1v) is 7.18. The van der Waals surface area contributed by atoms with Crippen molar-refractivity contribution in [2.75, 3.05) is 5.32 Å². The highest BCUT2D eigenvalue weighted by molar-refractivity contribution is 9.10. The van der Waals surface area contributed by atoms with Crippen LogP contribution in [0.4, 0.5) is 11.5 Å². The molecular weight excluding hydrogens is 363 g/mol. The molecule has 3 rings (SSSR count). The van der Waals surface area contributed by atoms with Gasteiger partial charge in [0.05, 0.1) is 20.7 Å². The first-order chi connectivity index (χ1) is 9.66. The predicted molar refractivity (Wildman–Crippen MR) is 84.8 cm³/mol. The van der Waals surface area contributed by atoms with Crippen molar-refractivity contribution in [1.29, 1.82) is 0 Å². The Morgan fingerprint density at radius 2 is 1.90 bits per heavy atom. The van der Waals surface area contributed by atoms with E-state index < -0.39 is 0 Å². The molecule has 7 heteroatoms. The van der Waals surface area contributed by atoms with E-state index in [1.165, 1.54) is 6.33 Å². The number of benzene rings is 1. The van der Waals surface area contributed by atoms with Gasteiger partial charge in [0.15, 0.2) is 0 Å². The maximum Gasteiger partial charge on any atom is 0.149 e. The van der Waals surface area contributed by atoms with Gasteiger partial charge in [-0.3, -0.25) is 4.98 Å². The second-order valence-corrected chi connectivity index (χ2v) is 5.50. The topological polar surface area (TPSA) is 50.7 Å². The van der Waals surface area contributed by atoms with Gasteiger partial charge in [0, 0.05) is 11.6 Å². The zero-order valence-corrected chi connectivity index (χ0v) is 13.0. The summed E-state index contributed by atoms with van der Waals surface area (Å²) in [6, 6.07) is 7.41. The minimum Gasteiger partial charge on any atom is -0.337 e. The number of pyridine rings is 1. The molecule has 3 aromatic rings. The third-order valence-corrected chi connectivity index (χ3v) is 4.31. The van der Waals surface area contributed by atoms with E-state index in [0.717, 1.165) is 16.6 Å². The van der Waals surface area contributed by atoms with Gasteiger partial charge in [-0.1, -0.05) is 23.2 Å². The van der Waals surface area contributed by atoms with E-state index in [2.05, 4.69) is 36.2 Å². The van der Waals surface area contributed by atoms with Gasteiger partial charge < -0.3 is 5.32 Å². The molecular formula is C13H7BrCl2N4. The van der Waals surface area contributed by atoms with Gasteiger partial charge in [0.1, 0.15) is 17.3 Å². The summed E-state index contributed by atoms with van der Waals surface area (Å²) in [5.41, 5.74) is 1.56. The Hall–Kier alpha value is -1.43. The molecule has 0 aliphatic carbocycles. The smallest absolute Gasteiger partial charge is 0.149 e. The molecule has 1 aromatic carbocycles. The van der Waals surface area contributed by atoms with E-state index in [0.29, 0.717) is 20.5 Å². The summed E-state index contributed by atoms with van der Waals surface area (Å²) < 4.78 is 0.598. The van der Waals surface area contributed by atoms with Crippen LogP contribution in [0.3, 0.4) is 0 Å². The average molecular weight is 370 g/mol. The zero-order valence-electron chi connectivity index (χ0n) is 9.94. The second kappa shape index (κ2) is 5.52. The number of aromatic nitrogens is 3. The molecule has 0 aliphatic heterocycles. The fraction of sp³-hybridized carbons (Fsp3) is 0. The maximum atomic E-state index is 6.16. The van der Waals surface area contributed by atoms with Gasteiger partial charge in [-0.2, -0.15) is 0 Å². The van der Waals surface area contributed by atoms with Crippen molar-refractivity contribution < 1.29 is 0 Å². The Balaban J connectivity index is 2.12. The van der Waals surface area contributed by atoms with Gasteiger partial charge in [-0.25, -0.2) is 9.97 Å². The lowest BCUT2D eigenvalue weighted by atomic mass is 10.2. The quantitative estimate of drug-likeness (QED) is 0.656. The molecule has 20 heavy (non-hydrogen) atoms. The van der Waals surface area contributed by atoms with E-state index in [9.17, 15) is 0 Å². The van der Waals surface area contributed by atoms with Crippen LogP contribution in [0.15, 0.2) is 41.3 Å². The lowest BCUT2D eigenvalue weighted by Crippen LogP contribution is -1.98. The average Bonchev–Trinajstić information content (AvgIpc) is 2.47. The van der Waals surface area contributed by atoms with Crippen molar-refractivity contribution in [2.45, 2.75) is 0 Å². The van der Waals surface area contributed by atoms with Crippen LogP contribution in [0.5, 0.6) is 0 Å². The summed E-state index contributed by atoms with van der Waals surface area (Å²) in [6.07, 6.45) is 3.10. The van der Waals surface area contributed by atoms with Crippen molar-refractivity contribution in [3.8, 4) is 0 Å². The Bertz CT molecular complexity index is 794. The number of hydrogen-bond donors (Lipinski definition) is 1. The highest BCUT2D eigenvalue weighted by Gasteiger charge is 2.10. The Labute approximate surface area is 133 Å². The molecule has 0 fully saturated rings. The van der Waals surface area contributed by atoms with Crippen molar-refractivity contribution in [3.63, 3.8) is 0 Å². The third-order valence-electron chi connectivity index (χ3n) is 2.72. The maximum absolute atomic E-state index is 6.16. The summed E-state index contributed by atoms with van der Waals surface area (Å²) in [6.45, 7) is 0. The molecule has 2 heterocycles. The first-order valence-electron chi connectivity index (χ1n) is 5.63. The molecule has 2 aromatic heterocycles. The van der Waals surface area contributed by atoms with Gasteiger partial charge in [-0.05, 0) is 40.2 Å². The van der Waals surface area contributed by atoms with Crippen LogP contribution in [0.1, 0.15) is 0 Å². The minimum atomic E-state index is 0.341. The van der Waals surface area contributed by atoms with E-state index in [4.69, 9.17) is 23.2 Å². The first kappa shape index (κ1) is 13.5. The lowest BCUT2D eigenvalue weighted by Gasteiger charge is -2.10. The number of anilines is 2. The fourth-order valence-electron chi connectivity index (χ4n) is 1.80. The normalized spacial score (nSPS) is 10.8. The molecule has 0 spiro atoms. The van der Waals surface area contributed by atoms with Crippen LogP contribution < -0.4 is 5.32 Å². The summed E-state index contributed by atoms with van der Waals surface area (Å²) in [7, 11) is 0. The molecule has 0 bridgehead atoms. The monoisotopic (exact) mass is 368 g/mol. The fourth-order valence-corrected chi connectivity index (χ4v) is 2.45. The minimum absolute atomic E-state index is 0.341. The van der Waals surface area contributed by atoms with Gasteiger partial charge in [-0.15, -0.1) is 0 Å². The number of nitrogens with zero attached hydrogens (tertiary/aromatic N) is 3. The van der Waals surface area contributed by atoms with Gasteiger partial charge in [0.25, 0.3) is 0 Å². The second-order valence-electron chi connectivity index (χ2n) is 3.95. The Kier molecular flexibility index (Phi) is 3.74. The van der Waals surface area contributed by atoms with Crippen molar-refractivity contribution in [1.82, 2.24) is 15.0 Å². The van der Waals surface area contributed by atoms with Crippen LogP contribution >= 0.6 is 39.1 Å². The number of rotatable bonds is 2. The molecule has 0 atom stereocenters. The number of fused-ring (bicyclic) bond motifs is 1. The summed E-state index contributed by atoms with van der Waals surface area (Å²) in [5, 5.41) is 5.04. The standard InChI is InChI=1S/C13H7BrCl2N4/c14-10-12(16)18-6-19-13(10)20-9-4-3-8(15)7-2-1-5-17-11(7)9/h1-6H,(H,18,19,20). The third kappa shape index (κ3) is 2.44. The van der Waals surface area contributed by atoms with Gasteiger partial charge in [0.2, 0.25) is 0 Å². The number of nitrogens with one attached hydrogen (secondary N) is 1. The van der Waals surface area contributed by atoms with Crippen LogP contribution in [0, 0.1) is 0 Å². The van der Waals surface area contributed by atoms with E-state index in [-0.39, 0.29) is 0 Å². The molecule has 0 saturated heterocycles. The molecule has 0 radical (unpaired) electrons. The molecule has 0 unspecified atom stereocenters. The van der Waals surface area contributed by atoms with Crippen LogP contribution in [-0.2, 0) is 0 Å². The van der Waals surface area contributed by atoms with Crippen molar-refractivity contribution >= 4 is 61.5 Å². The summed E-state index contributed by atoms with van der Waals surface area (Å²) in [5.74, 6) is 0.569. The number of hydrogen-bond acceptors (Lipinski definition) is 4. The Morgan fingerprint density at radius 3 is 2.75 bits per heavy atom. The molecule has 100 valence electrons. The molecule has 0 aliphatic rings. The summed E-state index contributed by atoms with van der Waals surface area (Å²) >= 11 is 15.5. The van der Waals surface area contributed by atoms with Crippen LogP contribution in [0.2, 0.25) is 10.2 Å². The van der Waals surface area contributed by atoms with Crippen LogP contribution in [0.25, 0.3) is 10.9 Å². The molecule has 0 saturated carbocycles. The Morgan fingerprint density at radius 1 is 1.05 bits per heavy atom. The highest BCUT2D eigenvalue weighted by atomic mass is 79.9. The molecule has 0 amide bonds. The van der Waals surface area contributed by atoms with E-state index in [1.54, 1.807) is 6.20 Å². The number of halogens is 3. The largest absolute Gasteiger partial charge is 0.337 e. The SMILES string of the molecule is Clc1ncnc(Nc2ccc(Cl)c3cccnc23)c1Br. The van der Waals surface area contributed by atoms with E-state index >= 15 is 0 Å². The summed E-state index contributed by atoms with van der Waals surface area (Å²) in [4.78, 5) is 12.4. The van der Waals surface area contributed by atoms with Crippen molar-refractivity contribution in [2.24, 2.45) is 0 Å². The highest BCUT2D eigenvalue weighted by Crippen LogP contribution is 2.33. The predicted octanol–water partition coefficient (Wildman–Crippen LogP) is 4.84. The van der Waals surface area contributed by atoms with Gasteiger partial charge >= 0.3 is 0 Å².